The molecule has 1 atom stereocenters. The molecule has 0 saturated heterocycles. The predicted octanol–water partition coefficient (Wildman–Crippen LogP) is 3.31. The summed E-state index contributed by atoms with van der Waals surface area (Å²) in [6, 6.07) is 14.7. The van der Waals surface area contributed by atoms with E-state index in [-0.39, 0.29) is 5.91 Å². The third-order valence-electron chi connectivity index (χ3n) is 5.16. The molecule has 3 aromatic rings. The number of aromatic nitrogens is 2. The van der Waals surface area contributed by atoms with Crippen molar-refractivity contribution in [1.82, 2.24) is 20.2 Å². The predicted molar refractivity (Wildman–Crippen MR) is 112 cm³/mol. The fourth-order valence-corrected chi connectivity index (χ4v) is 4.30. The lowest BCUT2D eigenvalue weighted by Gasteiger charge is -2.33. The Bertz CT molecular complexity index is 940. The van der Waals surface area contributed by atoms with Crippen LogP contribution in [0.4, 0.5) is 0 Å². The number of fused-ring (bicyclic) bond motifs is 1. The summed E-state index contributed by atoms with van der Waals surface area (Å²) >= 11 is 1.52. The van der Waals surface area contributed by atoms with Gasteiger partial charge in [-0.3, -0.25) is 14.7 Å². The molecule has 1 aliphatic rings. The summed E-state index contributed by atoms with van der Waals surface area (Å²) in [6.07, 6.45) is 3.13. The Labute approximate surface area is 169 Å². The SMILES string of the molecule is CC(CNC(=O)Cc1csc(-c2ccccn2)n1)N1CCc2ccccc2C1. The fourth-order valence-electron chi connectivity index (χ4n) is 3.51. The Balaban J connectivity index is 1.27. The van der Waals surface area contributed by atoms with E-state index in [0.717, 1.165) is 35.9 Å². The van der Waals surface area contributed by atoms with E-state index in [4.69, 9.17) is 0 Å². The molecule has 5 nitrogen and oxygen atoms in total. The number of nitrogens with zero attached hydrogens (tertiary/aromatic N) is 3. The molecule has 0 spiro atoms. The smallest absolute Gasteiger partial charge is 0.226 e. The highest BCUT2D eigenvalue weighted by Crippen LogP contribution is 2.22. The van der Waals surface area contributed by atoms with Gasteiger partial charge in [0, 0.05) is 37.3 Å². The molecule has 144 valence electrons. The highest BCUT2D eigenvalue weighted by Gasteiger charge is 2.20. The van der Waals surface area contributed by atoms with Gasteiger partial charge in [-0.25, -0.2) is 4.98 Å². The van der Waals surface area contributed by atoms with Gasteiger partial charge in [-0.15, -0.1) is 11.3 Å². The monoisotopic (exact) mass is 392 g/mol. The van der Waals surface area contributed by atoms with Crippen LogP contribution >= 0.6 is 11.3 Å². The summed E-state index contributed by atoms with van der Waals surface area (Å²) in [4.78, 5) is 23.7. The Morgan fingerprint density at radius 3 is 2.86 bits per heavy atom. The zero-order chi connectivity index (χ0) is 19.3. The molecule has 28 heavy (non-hydrogen) atoms. The molecular formula is C22H24N4OS. The van der Waals surface area contributed by atoms with Crippen molar-refractivity contribution in [3.05, 3.63) is 70.9 Å². The van der Waals surface area contributed by atoms with Crippen molar-refractivity contribution < 1.29 is 4.79 Å². The third-order valence-corrected chi connectivity index (χ3v) is 6.07. The van der Waals surface area contributed by atoms with Gasteiger partial charge in [0.25, 0.3) is 0 Å². The molecule has 2 aromatic heterocycles. The van der Waals surface area contributed by atoms with Crippen LogP contribution in [-0.4, -0.2) is 39.9 Å². The fraction of sp³-hybridized carbons (Fsp3) is 0.318. The van der Waals surface area contributed by atoms with Crippen molar-refractivity contribution in [2.45, 2.75) is 32.4 Å². The van der Waals surface area contributed by atoms with Gasteiger partial charge >= 0.3 is 0 Å². The molecule has 3 heterocycles. The second-order valence-electron chi connectivity index (χ2n) is 7.18. The van der Waals surface area contributed by atoms with Crippen LogP contribution in [0.5, 0.6) is 0 Å². The summed E-state index contributed by atoms with van der Waals surface area (Å²) in [6.45, 7) is 4.81. The van der Waals surface area contributed by atoms with Crippen molar-refractivity contribution in [2.75, 3.05) is 13.1 Å². The van der Waals surface area contributed by atoms with Crippen molar-refractivity contribution in [3.8, 4) is 10.7 Å². The van der Waals surface area contributed by atoms with Gasteiger partial charge in [-0.2, -0.15) is 0 Å². The van der Waals surface area contributed by atoms with E-state index in [1.54, 1.807) is 6.20 Å². The molecule has 1 amide bonds. The summed E-state index contributed by atoms with van der Waals surface area (Å²) < 4.78 is 0. The summed E-state index contributed by atoms with van der Waals surface area (Å²) in [7, 11) is 0. The van der Waals surface area contributed by atoms with Gasteiger partial charge in [-0.05, 0) is 36.6 Å². The lowest BCUT2D eigenvalue weighted by atomic mass is 9.99. The molecule has 6 heteroatoms. The first-order valence-electron chi connectivity index (χ1n) is 9.62. The second kappa shape index (κ2) is 8.63. The van der Waals surface area contributed by atoms with E-state index in [0.29, 0.717) is 19.0 Å². The highest BCUT2D eigenvalue weighted by molar-refractivity contribution is 7.13. The normalized spacial score (nSPS) is 15.0. The zero-order valence-electron chi connectivity index (χ0n) is 16.0. The van der Waals surface area contributed by atoms with Gasteiger partial charge < -0.3 is 5.32 Å². The molecular weight excluding hydrogens is 368 g/mol. The molecule has 1 N–H and O–H groups in total. The van der Waals surface area contributed by atoms with E-state index >= 15 is 0 Å². The zero-order valence-corrected chi connectivity index (χ0v) is 16.8. The van der Waals surface area contributed by atoms with Crippen LogP contribution < -0.4 is 5.32 Å². The topological polar surface area (TPSA) is 58.1 Å². The van der Waals surface area contributed by atoms with E-state index in [1.807, 2.05) is 23.6 Å². The second-order valence-corrected chi connectivity index (χ2v) is 8.04. The average Bonchev–Trinajstić information content (AvgIpc) is 3.20. The van der Waals surface area contributed by atoms with Crippen LogP contribution in [-0.2, 0) is 24.2 Å². The van der Waals surface area contributed by atoms with Gasteiger partial charge in [0.1, 0.15) is 5.01 Å². The highest BCUT2D eigenvalue weighted by atomic mass is 32.1. The van der Waals surface area contributed by atoms with E-state index in [1.165, 1.54) is 22.5 Å². The van der Waals surface area contributed by atoms with Gasteiger partial charge in [-0.1, -0.05) is 30.3 Å². The number of nitrogens with one attached hydrogen (secondary N) is 1. The number of amides is 1. The molecule has 0 saturated carbocycles. The lowest BCUT2D eigenvalue weighted by molar-refractivity contribution is -0.120. The number of benzene rings is 1. The van der Waals surface area contributed by atoms with Gasteiger partial charge in [0.05, 0.1) is 17.8 Å². The first-order chi connectivity index (χ1) is 13.7. The number of carbonyl (C=O) groups excluding carboxylic acids is 1. The molecule has 1 aliphatic heterocycles. The maximum Gasteiger partial charge on any atom is 0.226 e. The standard InChI is InChI=1S/C22H24N4OS/c1-16(26-11-9-17-6-2-3-7-18(17)14-26)13-24-21(27)12-19-15-28-22(25-19)20-8-4-5-10-23-20/h2-8,10,15-16H,9,11-14H2,1H3,(H,24,27). The molecule has 0 bridgehead atoms. The van der Waals surface area contributed by atoms with Crippen LogP contribution in [0, 0.1) is 0 Å². The van der Waals surface area contributed by atoms with E-state index in [9.17, 15) is 4.79 Å². The van der Waals surface area contributed by atoms with E-state index < -0.39 is 0 Å². The van der Waals surface area contributed by atoms with Gasteiger partial charge in [0.15, 0.2) is 0 Å². The molecule has 1 aromatic carbocycles. The van der Waals surface area contributed by atoms with Crippen molar-refractivity contribution in [1.29, 1.82) is 0 Å². The Morgan fingerprint density at radius 1 is 1.21 bits per heavy atom. The maximum absolute atomic E-state index is 12.4. The van der Waals surface area contributed by atoms with Crippen LogP contribution in [0.2, 0.25) is 0 Å². The van der Waals surface area contributed by atoms with E-state index in [2.05, 4.69) is 51.4 Å². The minimum absolute atomic E-state index is 0.0159. The first kappa shape index (κ1) is 18.8. The summed E-state index contributed by atoms with van der Waals surface area (Å²) in [5.41, 5.74) is 4.49. The maximum atomic E-state index is 12.4. The Morgan fingerprint density at radius 2 is 2.04 bits per heavy atom. The number of thiazole rings is 1. The summed E-state index contributed by atoms with van der Waals surface area (Å²) in [5, 5.41) is 5.86. The van der Waals surface area contributed by atoms with Crippen LogP contribution in [0.1, 0.15) is 23.7 Å². The number of pyridine rings is 1. The van der Waals surface area contributed by atoms with Crippen molar-refractivity contribution >= 4 is 17.2 Å². The molecule has 0 radical (unpaired) electrons. The van der Waals surface area contributed by atoms with Crippen LogP contribution in [0.3, 0.4) is 0 Å². The largest absolute Gasteiger partial charge is 0.354 e. The Hall–Kier alpha value is -2.57. The number of carbonyl (C=O) groups is 1. The Kier molecular flexibility index (Phi) is 5.78. The van der Waals surface area contributed by atoms with Crippen molar-refractivity contribution in [2.24, 2.45) is 0 Å². The molecule has 1 unspecified atom stereocenters. The van der Waals surface area contributed by atoms with Crippen LogP contribution in [0.15, 0.2) is 54.0 Å². The number of rotatable bonds is 6. The number of hydrogen-bond donors (Lipinski definition) is 1. The molecule has 4 rings (SSSR count). The van der Waals surface area contributed by atoms with Crippen LogP contribution in [0.25, 0.3) is 10.7 Å². The third kappa shape index (κ3) is 4.46. The molecule has 0 aliphatic carbocycles. The quantitative estimate of drug-likeness (QED) is 0.699. The molecule has 0 fully saturated rings. The number of hydrogen-bond acceptors (Lipinski definition) is 5. The minimum Gasteiger partial charge on any atom is -0.354 e. The summed E-state index contributed by atoms with van der Waals surface area (Å²) in [5.74, 6) is 0.0159. The van der Waals surface area contributed by atoms with Gasteiger partial charge in [0.2, 0.25) is 5.91 Å². The van der Waals surface area contributed by atoms with Crippen molar-refractivity contribution in [3.63, 3.8) is 0 Å². The first-order valence-corrected chi connectivity index (χ1v) is 10.5. The minimum atomic E-state index is 0.0159. The average molecular weight is 393 g/mol. The lowest BCUT2D eigenvalue weighted by Crippen LogP contribution is -2.44.